The summed E-state index contributed by atoms with van der Waals surface area (Å²) in [6.45, 7) is 4.01. The topological polar surface area (TPSA) is 37.9 Å². The van der Waals surface area contributed by atoms with Gasteiger partial charge in [-0.15, -0.1) is 0 Å². The molecule has 0 saturated carbocycles. The number of hydrogen-bond acceptors (Lipinski definition) is 2. The Kier molecular flexibility index (Phi) is 1.72. The van der Waals surface area contributed by atoms with E-state index in [2.05, 4.69) is 16.0 Å². The number of aromatic amines is 1. The number of pyridine rings is 1. The molecule has 0 bridgehead atoms. The molecule has 2 rings (SSSR count). The molecule has 0 aliphatic rings. The van der Waals surface area contributed by atoms with Gasteiger partial charge in [0.05, 0.1) is 18.3 Å². The molecule has 0 aromatic carbocycles. The van der Waals surface area contributed by atoms with Gasteiger partial charge in [-0.25, -0.2) is 4.98 Å². The van der Waals surface area contributed by atoms with Crippen molar-refractivity contribution in [3.8, 4) is 5.88 Å². The molecule has 0 fully saturated rings. The lowest BCUT2D eigenvalue weighted by Crippen LogP contribution is -1.90. The summed E-state index contributed by atoms with van der Waals surface area (Å²) in [7, 11) is 1.63. The number of ether oxygens (including phenoxy) is 1. The molecule has 3 nitrogen and oxygen atoms in total. The fourth-order valence-electron chi connectivity index (χ4n) is 1.52. The standard InChI is InChI=1S/C10H12N2O/c1-6-4-8-5-9(13-3)12-7(2)10(8)11-6/h4-5,11H,1-3H3. The Morgan fingerprint density at radius 3 is 2.77 bits per heavy atom. The average Bonchev–Trinajstić information content (AvgIpc) is 2.46. The van der Waals surface area contributed by atoms with E-state index in [1.165, 1.54) is 0 Å². The third kappa shape index (κ3) is 1.26. The predicted octanol–water partition coefficient (Wildman–Crippen LogP) is 2.19. The van der Waals surface area contributed by atoms with Crippen molar-refractivity contribution in [2.75, 3.05) is 7.11 Å². The molecule has 68 valence electrons. The second-order valence-corrected chi connectivity index (χ2v) is 3.17. The number of methoxy groups -OCH3 is 1. The number of rotatable bonds is 1. The molecule has 0 aliphatic carbocycles. The molecule has 0 amide bonds. The third-order valence-corrected chi connectivity index (χ3v) is 2.11. The second kappa shape index (κ2) is 2.76. The zero-order valence-corrected chi connectivity index (χ0v) is 8.01. The maximum Gasteiger partial charge on any atom is 0.213 e. The van der Waals surface area contributed by atoms with Gasteiger partial charge in [-0.05, 0) is 19.9 Å². The molecule has 0 atom stereocenters. The van der Waals surface area contributed by atoms with Crippen LogP contribution in [0.25, 0.3) is 10.9 Å². The van der Waals surface area contributed by atoms with E-state index in [9.17, 15) is 0 Å². The number of hydrogen-bond donors (Lipinski definition) is 1. The summed E-state index contributed by atoms with van der Waals surface area (Å²) in [5, 5.41) is 1.15. The van der Waals surface area contributed by atoms with Crippen LogP contribution in [0.1, 0.15) is 11.4 Å². The summed E-state index contributed by atoms with van der Waals surface area (Å²) in [6.07, 6.45) is 0. The lowest BCUT2D eigenvalue weighted by atomic mass is 10.2. The first-order valence-electron chi connectivity index (χ1n) is 4.21. The molecule has 2 aromatic heterocycles. The van der Waals surface area contributed by atoms with Gasteiger partial charge in [-0.1, -0.05) is 0 Å². The zero-order chi connectivity index (χ0) is 9.42. The van der Waals surface area contributed by atoms with E-state index in [1.807, 2.05) is 19.9 Å². The van der Waals surface area contributed by atoms with Gasteiger partial charge >= 0.3 is 0 Å². The predicted molar refractivity (Wildman–Crippen MR) is 52.1 cm³/mol. The Balaban J connectivity index is 2.75. The van der Waals surface area contributed by atoms with Crippen molar-refractivity contribution in [3.63, 3.8) is 0 Å². The molecule has 13 heavy (non-hydrogen) atoms. The summed E-state index contributed by atoms with van der Waals surface area (Å²) in [5.41, 5.74) is 3.22. The van der Waals surface area contributed by atoms with E-state index in [1.54, 1.807) is 7.11 Å². The van der Waals surface area contributed by atoms with Crippen LogP contribution in [0.5, 0.6) is 5.88 Å². The van der Waals surface area contributed by atoms with Gasteiger partial charge in [-0.3, -0.25) is 0 Å². The Bertz CT molecular complexity index is 445. The van der Waals surface area contributed by atoms with Crippen LogP contribution >= 0.6 is 0 Å². The molecule has 3 heteroatoms. The average molecular weight is 176 g/mol. The molecule has 0 spiro atoms. The summed E-state index contributed by atoms with van der Waals surface area (Å²) in [6, 6.07) is 4.03. The van der Waals surface area contributed by atoms with Crippen LogP contribution in [0.15, 0.2) is 12.1 Å². The molecule has 1 N–H and O–H groups in total. The molecular formula is C10H12N2O. The second-order valence-electron chi connectivity index (χ2n) is 3.17. The minimum Gasteiger partial charge on any atom is -0.481 e. The summed E-state index contributed by atoms with van der Waals surface area (Å²) >= 11 is 0. The molecule has 0 saturated heterocycles. The van der Waals surface area contributed by atoms with Crippen LogP contribution in [-0.4, -0.2) is 17.1 Å². The highest BCUT2D eigenvalue weighted by atomic mass is 16.5. The van der Waals surface area contributed by atoms with Crippen molar-refractivity contribution >= 4 is 10.9 Å². The first-order valence-corrected chi connectivity index (χ1v) is 4.21. The highest BCUT2D eigenvalue weighted by molar-refractivity contribution is 5.83. The number of fused-ring (bicyclic) bond motifs is 1. The summed E-state index contributed by atoms with van der Waals surface area (Å²) < 4.78 is 5.09. The smallest absolute Gasteiger partial charge is 0.213 e. The van der Waals surface area contributed by atoms with Gasteiger partial charge in [0.15, 0.2) is 0 Å². The van der Waals surface area contributed by atoms with E-state index in [0.717, 1.165) is 22.3 Å². The zero-order valence-electron chi connectivity index (χ0n) is 8.01. The van der Waals surface area contributed by atoms with Crippen molar-refractivity contribution in [2.45, 2.75) is 13.8 Å². The Morgan fingerprint density at radius 1 is 1.31 bits per heavy atom. The number of nitrogens with zero attached hydrogens (tertiary/aromatic N) is 1. The molecule has 0 unspecified atom stereocenters. The van der Waals surface area contributed by atoms with Crippen LogP contribution in [0, 0.1) is 13.8 Å². The SMILES string of the molecule is COc1cc2cc(C)[nH]c2c(C)n1. The van der Waals surface area contributed by atoms with Crippen molar-refractivity contribution in [1.82, 2.24) is 9.97 Å². The minimum atomic E-state index is 0.670. The largest absolute Gasteiger partial charge is 0.481 e. The number of nitrogens with one attached hydrogen (secondary N) is 1. The normalized spacial score (nSPS) is 10.7. The lowest BCUT2D eigenvalue weighted by Gasteiger charge is -2.00. The first kappa shape index (κ1) is 8.10. The van der Waals surface area contributed by atoms with Crippen LogP contribution < -0.4 is 4.74 Å². The van der Waals surface area contributed by atoms with E-state index in [4.69, 9.17) is 4.74 Å². The highest BCUT2D eigenvalue weighted by Gasteiger charge is 2.04. The number of H-pyrrole nitrogens is 1. The van der Waals surface area contributed by atoms with Crippen LogP contribution in [-0.2, 0) is 0 Å². The van der Waals surface area contributed by atoms with Crippen LogP contribution in [0.4, 0.5) is 0 Å². The monoisotopic (exact) mass is 176 g/mol. The minimum absolute atomic E-state index is 0.670. The van der Waals surface area contributed by atoms with E-state index in [-0.39, 0.29) is 0 Å². The van der Waals surface area contributed by atoms with Crippen LogP contribution in [0.3, 0.4) is 0 Å². The summed E-state index contributed by atoms with van der Waals surface area (Å²) in [4.78, 5) is 7.54. The fourth-order valence-corrected chi connectivity index (χ4v) is 1.52. The first-order chi connectivity index (χ1) is 6.20. The van der Waals surface area contributed by atoms with E-state index >= 15 is 0 Å². The van der Waals surface area contributed by atoms with Gasteiger partial charge in [0.1, 0.15) is 0 Å². The van der Waals surface area contributed by atoms with Gasteiger partial charge in [0.2, 0.25) is 5.88 Å². The highest BCUT2D eigenvalue weighted by Crippen LogP contribution is 2.21. The van der Waals surface area contributed by atoms with Gasteiger partial charge in [0.25, 0.3) is 0 Å². The van der Waals surface area contributed by atoms with E-state index < -0.39 is 0 Å². The van der Waals surface area contributed by atoms with Crippen molar-refractivity contribution in [1.29, 1.82) is 0 Å². The maximum atomic E-state index is 5.09. The van der Waals surface area contributed by atoms with Gasteiger partial charge in [-0.2, -0.15) is 0 Å². The number of aryl methyl sites for hydroxylation is 2. The fraction of sp³-hybridized carbons (Fsp3) is 0.300. The van der Waals surface area contributed by atoms with E-state index in [0.29, 0.717) is 5.88 Å². The number of aromatic nitrogens is 2. The molecule has 0 radical (unpaired) electrons. The lowest BCUT2D eigenvalue weighted by molar-refractivity contribution is 0.398. The van der Waals surface area contributed by atoms with Crippen molar-refractivity contribution < 1.29 is 4.74 Å². The Hall–Kier alpha value is -1.51. The maximum absolute atomic E-state index is 5.09. The van der Waals surface area contributed by atoms with Crippen LogP contribution in [0.2, 0.25) is 0 Å². The molecular weight excluding hydrogens is 164 g/mol. The van der Waals surface area contributed by atoms with Gasteiger partial charge < -0.3 is 9.72 Å². The summed E-state index contributed by atoms with van der Waals surface area (Å²) in [5.74, 6) is 0.670. The quantitative estimate of drug-likeness (QED) is 0.723. The molecule has 0 aliphatic heterocycles. The van der Waals surface area contributed by atoms with Crippen molar-refractivity contribution in [2.24, 2.45) is 0 Å². The van der Waals surface area contributed by atoms with Gasteiger partial charge in [0, 0.05) is 17.1 Å². The Labute approximate surface area is 76.8 Å². The van der Waals surface area contributed by atoms with Crippen molar-refractivity contribution in [3.05, 3.63) is 23.5 Å². The Morgan fingerprint density at radius 2 is 2.08 bits per heavy atom. The molecule has 2 aromatic rings. The third-order valence-electron chi connectivity index (χ3n) is 2.11. The molecule has 2 heterocycles.